The largest absolute Gasteiger partial charge is 0.441 e. The predicted octanol–water partition coefficient (Wildman–Crippen LogP) is 4.61. The van der Waals surface area contributed by atoms with Crippen molar-refractivity contribution in [3.05, 3.63) is 88.2 Å². The van der Waals surface area contributed by atoms with E-state index in [2.05, 4.69) is 20.6 Å². The van der Waals surface area contributed by atoms with Crippen molar-refractivity contribution < 1.29 is 14.0 Å². The van der Waals surface area contributed by atoms with E-state index in [4.69, 9.17) is 4.42 Å². The van der Waals surface area contributed by atoms with Crippen LogP contribution < -0.4 is 10.6 Å². The lowest BCUT2D eigenvalue weighted by molar-refractivity contribution is -0.121. The highest BCUT2D eigenvalue weighted by molar-refractivity contribution is 7.09. The Morgan fingerprint density at radius 3 is 2.66 bits per heavy atom. The molecule has 0 bridgehead atoms. The van der Waals surface area contributed by atoms with Crippen LogP contribution in [0.4, 0.5) is 5.69 Å². The van der Waals surface area contributed by atoms with Crippen LogP contribution >= 0.6 is 11.3 Å². The topological polar surface area (TPSA) is 97.1 Å². The molecule has 3 aromatic heterocycles. The quantitative estimate of drug-likeness (QED) is 0.412. The highest BCUT2D eigenvalue weighted by Crippen LogP contribution is 2.23. The number of pyridine rings is 1. The molecule has 0 saturated heterocycles. The van der Waals surface area contributed by atoms with E-state index in [-0.39, 0.29) is 11.8 Å². The van der Waals surface area contributed by atoms with Crippen LogP contribution in [0.25, 0.3) is 11.5 Å². The van der Waals surface area contributed by atoms with Crippen molar-refractivity contribution in [1.82, 2.24) is 15.3 Å². The lowest BCUT2D eigenvalue weighted by Gasteiger charge is -2.05. The van der Waals surface area contributed by atoms with Crippen LogP contribution in [0, 0.1) is 6.92 Å². The molecule has 0 aliphatic heterocycles. The summed E-state index contributed by atoms with van der Waals surface area (Å²) >= 11 is 1.65. The standard InChI is InChI=1S/C24H22N4O3S/c1-16-21(15-26-22(29)11-10-20-5-3-13-32-20)28-24(31-16)17-6-8-19(9-7-17)27-23(30)18-4-2-12-25-14-18/h2-9,12-14H,10-11,15H2,1H3,(H,26,29)(H,27,30). The van der Waals surface area contributed by atoms with E-state index in [1.54, 1.807) is 41.8 Å². The molecule has 0 unspecified atom stereocenters. The SMILES string of the molecule is Cc1oc(-c2ccc(NC(=O)c3cccnc3)cc2)nc1CNC(=O)CCc1cccs1. The van der Waals surface area contributed by atoms with Crippen molar-refractivity contribution in [2.75, 3.05) is 5.32 Å². The molecule has 4 aromatic rings. The van der Waals surface area contributed by atoms with Crippen molar-refractivity contribution in [3.8, 4) is 11.5 Å². The summed E-state index contributed by atoms with van der Waals surface area (Å²) in [6.45, 7) is 2.14. The molecule has 0 radical (unpaired) electrons. The number of anilines is 1. The summed E-state index contributed by atoms with van der Waals surface area (Å²) in [6.07, 6.45) is 4.31. The molecular weight excluding hydrogens is 424 g/mol. The number of nitrogens with zero attached hydrogens (tertiary/aromatic N) is 2. The highest BCUT2D eigenvalue weighted by atomic mass is 32.1. The molecule has 0 aliphatic rings. The van der Waals surface area contributed by atoms with Gasteiger partial charge in [-0.25, -0.2) is 4.98 Å². The number of oxazole rings is 1. The van der Waals surface area contributed by atoms with E-state index in [1.165, 1.54) is 11.1 Å². The van der Waals surface area contributed by atoms with Gasteiger partial charge in [0, 0.05) is 34.9 Å². The normalized spacial score (nSPS) is 10.7. The van der Waals surface area contributed by atoms with E-state index in [1.807, 2.05) is 36.6 Å². The Morgan fingerprint density at radius 1 is 1.09 bits per heavy atom. The van der Waals surface area contributed by atoms with Crippen LogP contribution in [0.3, 0.4) is 0 Å². The minimum absolute atomic E-state index is 0.0175. The van der Waals surface area contributed by atoms with Gasteiger partial charge in [-0.3, -0.25) is 14.6 Å². The zero-order valence-corrected chi connectivity index (χ0v) is 18.3. The lowest BCUT2D eigenvalue weighted by atomic mass is 10.2. The average Bonchev–Trinajstić information content (AvgIpc) is 3.47. The van der Waals surface area contributed by atoms with E-state index < -0.39 is 0 Å². The molecule has 162 valence electrons. The summed E-state index contributed by atoms with van der Waals surface area (Å²) in [5.74, 6) is 0.883. The second kappa shape index (κ2) is 10.0. The third kappa shape index (κ3) is 5.47. The van der Waals surface area contributed by atoms with Crippen molar-refractivity contribution >= 4 is 28.8 Å². The van der Waals surface area contributed by atoms with Gasteiger partial charge < -0.3 is 15.1 Å². The number of benzene rings is 1. The molecule has 2 amide bonds. The van der Waals surface area contributed by atoms with Gasteiger partial charge in [-0.05, 0) is 61.2 Å². The fourth-order valence-electron chi connectivity index (χ4n) is 3.07. The van der Waals surface area contributed by atoms with Gasteiger partial charge in [-0.2, -0.15) is 0 Å². The van der Waals surface area contributed by atoms with Crippen molar-refractivity contribution in [2.24, 2.45) is 0 Å². The summed E-state index contributed by atoms with van der Waals surface area (Å²) in [4.78, 5) is 34.0. The van der Waals surface area contributed by atoms with E-state index >= 15 is 0 Å². The third-order valence-corrected chi connectivity index (χ3v) is 5.77. The van der Waals surface area contributed by atoms with Crippen molar-refractivity contribution in [2.45, 2.75) is 26.3 Å². The third-order valence-electron chi connectivity index (χ3n) is 4.84. The second-order valence-corrected chi connectivity index (χ2v) is 8.18. The molecule has 1 aromatic carbocycles. The van der Waals surface area contributed by atoms with Crippen LogP contribution in [0.1, 0.15) is 33.1 Å². The zero-order chi connectivity index (χ0) is 22.3. The van der Waals surface area contributed by atoms with Crippen LogP contribution in [0.2, 0.25) is 0 Å². The number of amides is 2. The number of hydrogen-bond donors (Lipinski definition) is 2. The maximum atomic E-state index is 12.2. The Morgan fingerprint density at radius 2 is 1.94 bits per heavy atom. The van der Waals surface area contributed by atoms with E-state index in [0.717, 1.165) is 12.0 Å². The minimum Gasteiger partial charge on any atom is -0.441 e. The number of nitrogens with one attached hydrogen (secondary N) is 2. The van der Waals surface area contributed by atoms with Gasteiger partial charge in [-0.15, -0.1) is 11.3 Å². The molecule has 0 spiro atoms. The maximum Gasteiger partial charge on any atom is 0.257 e. The summed E-state index contributed by atoms with van der Waals surface area (Å²) in [5.41, 5.74) is 2.62. The number of carbonyl (C=O) groups excluding carboxylic acids is 2. The predicted molar refractivity (Wildman–Crippen MR) is 123 cm³/mol. The van der Waals surface area contributed by atoms with Gasteiger partial charge in [0.05, 0.1) is 12.1 Å². The van der Waals surface area contributed by atoms with Gasteiger partial charge in [0.2, 0.25) is 11.8 Å². The number of aryl methyl sites for hydroxylation is 2. The molecule has 32 heavy (non-hydrogen) atoms. The maximum absolute atomic E-state index is 12.2. The molecule has 3 heterocycles. The summed E-state index contributed by atoms with van der Waals surface area (Å²) < 4.78 is 5.79. The second-order valence-electron chi connectivity index (χ2n) is 7.15. The molecule has 4 rings (SSSR count). The number of thiophene rings is 1. The molecule has 0 fully saturated rings. The van der Waals surface area contributed by atoms with Gasteiger partial charge in [-0.1, -0.05) is 6.07 Å². The monoisotopic (exact) mass is 446 g/mol. The van der Waals surface area contributed by atoms with E-state index in [9.17, 15) is 9.59 Å². The first-order valence-corrected chi connectivity index (χ1v) is 11.0. The Balaban J connectivity index is 1.33. The van der Waals surface area contributed by atoms with E-state index in [0.29, 0.717) is 41.6 Å². The fraction of sp³-hybridized carbons (Fsp3) is 0.167. The highest BCUT2D eigenvalue weighted by Gasteiger charge is 2.13. The smallest absolute Gasteiger partial charge is 0.257 e. The molecule has 2 N–H and O–H groups in total. The van der Waals surface area contributed by atoms with Crippen LogP contribution in [-0.2, 0) is 17.8 Å². The van der Waals surface area contributed by atoms with Crippen molar-refractivity contribution in [3.63, 3.8) is 0 Å². The molecular formula is C24H22N4O3S. The average molecular weight is 447 g/mol. The van der Waals surface area contributed by atoms with Crippen LogP contribution in [0.15, 0.2) is 70.7 Å². The van der Waals surface area contributed by atoms with Crippen molar-refractivity contribution in [1.29, 1.82) is 0 Å². The zero-order valence-electron chi connectivity index (χ0n) is 17.5. The number of rotatable bonds is 8. The summed E-state index contributed by atoms with van der Waals surface area (Å²) in [5, 5.41) is 7.74. The van der Waals surface area contributed by atoms with Gasteiger partial charge in [0.15, 0.2) is 0 Å². The Labute approximate surface area is 189 Å². The van der Waals surface area contributed by atoms with Gasteiger partial charge in [0.1, 0.15) is 11.5 Å². The first kappa shape index (κ1) is 21.5. The minimum atomic E-state index is -0.227. The van der Waals surface area contributed by atoms with Crippen LogP contribution in [0.5, 0.6) is 0 Å². The van der Waals surface area contributed by atoms with Crippen LogP contribution in [-0.4, -0.2) is 21.8 Å². The first-order valence-electron chi connectivity index (χ1n) is 10.2. The Hall–Kier alpha value is -3.78. The Bertz CT molecular complexity index is 1190. The summed E-state index contributed by atoms with van der Waals surface area (Å²) in [6, 6.07) is 14.7. The fourth-order valence-corrected chi connectivity index (χ4v) is 3.78. The van der Waals surface area contributed by atoms with Gasteiger partial charge >= 0.3 is 0 Å². The summed E-state index contributed by atoms with van der Waals surface area (Å²) in [7, 11) is 0. The Kier molecular flexibility index (Phi) is 6.72. The molecule has 8 heteroatoms. The molecule has 7 nitrogen and oxygen atoms in total. The molecule has 0 aliphatic carbocycles. The number of carbonyl (C=O) groups is 2. The van der Waals surface area contributed by atoms with Gasteiger partial charge in [0.25, 0.3) is 5.91 Å². The first-order chi connectivity index (χ1) is 15.6. The molecule has 0 atom stereocenters. The number of hydrogen-bond acceptors (Lipinski definition) is 6. The lowest BCUT2D eigenvalue weighted by Crippen LogP contribution is -2.23. The number of aromatic nitrogens is 2. The molecule has 0 saturated carbocycles.